The van der Waals surface area contributed by atoms with E-state index in [1.807, 2.05) is 31.1 Å². The molecule has 2 heterocycles. The Balaban J connectivity index is 1.94. The Morgan fingerprint density at radius 1 is 1.58 bits per heavy atom. The maximum Gasteiger partial charge on any atom is 0.224 e. The predicted octanol–water partition coefficient (Wildman–Crippen LogP) is 1.48. The molecule has 1 aromatic heterocycles. The molecule has 0 radical (unpaired) electrons. The molecule has 104 valence electrons. The number of rotatable bonds is 4. The van der Waals surface area contributed by atoms with Crippen LogP contribution in [0.15, 0.2) is 18.3 Å². The number of amides is 1. The lowest BCUT2D eigenvalue weighted by atomic mass is 9.96. The maximum atomic E-state index is 12.1. The molecule has 0 saturated carbocycles. The van der Waals surface area contributed by atoms with E-state index in [4.69, 9.17) is 0 Å². The van der Waals surface area contributed by atoms with Crippen LogP contribution in [0.25, 0.3) is 0 Å². The van der Waals surface area contributed by atoms with E-state index in [1.165, 1.54) is 0 Å². The molecule has 5 nitrogen and oxygen atoms in total. The van der Waals surface area contributed by atoms with E-state index >= 15 is 0 Å². The van der Waals surface area contributed by atoms with Crippen LogP contribution in [0, 0.1) is 5.92 Å². The number of hydrogen-bond acceptors (Lipinski definition) is 4. The number of carbonyl (C=O) groups excluding carboxylic acids is 1. The fraction of sp³-hybridized carbons (Fsp3) is 0.571. The number of carbonyl (C=O) groups is 1. The van der Waals surface area contributed by atoms with Gasteiger partial charge in [0, 0.05) is 26.7 Å². The highest BCUT2D eigenvalue weighted by molar-refractivity contribution is 5.93. The molecule has 2 rings (SSSR count). The van der Waals surface area contributed by atoms with Gasteiger partial charge in [-0.15, -0.1) is 0 Å². The van der Waals surface area contributed by atoms with Crippen LogP contribution < -0.4 is 15.5 Å². The van der Waals surface area contributed by atoms with Gasteiger partial charge in [0.15, 0.2) is 5.82 Å². The largest absolute Gasteiger partial charge is 0.361 e. The molecule has 1 amide bonds. The van der Waals surface area contributed by atoms with Crippen LogP contribution >= 0.6 is 0 Å². The third-order valence-electron chi connectivity index (χ3n) is 3.36. The maximum absolute atomic E-state index is 12.1. The summed E-state index contributed by atoms with van der Waals surface area (Å²) in [6, 6.07) is 3.73. The monoisotopic (exact) mass is 262 g/mol. The van der Waals surface area contributed by atoms with Crippen molar-refractivity contribution in [2.75, 3.05) is 37.4 Å². The topological polar surface area (TPSA) is 57.3 Å². The first-order valence-electron chi connectivity index (χ1n) is 6.79. The Morgan fingerprint density at radius 3 is 3.11 bits per heavy atom. The third-order valence-corrected chi connectivity index (χ3v) is 3.36. The van der Waals surface area contributed by atoms with Crippen molar-refractivity contribution in [1.29, 1.82) is 0 Å². The van der Waals surface area contributed by atoms with E-state index in [-0.39, 0.29) is 5.91 Å². The molecule has 1 atom stereocenters. The van der Waals surface area contributed by atoms with Gasteiger partial charge in [0.25, 0.3) is 0 Å². The number of pyridine rings is 1. The van der Waals surface area contributed by atoms with E-state index in [9.17, 15) is 4.79 Å². The third kappa shape index (κ3) is 3.92. The van der Waals surface area contributed by atoms with Crippen molar-refractivity contribution in [2.45, 2.75) is 19.3 Å². The zero-order valence-electron chi connectivity index (χ0n) is 11.6. The van der Waals surface area contributed by atoms with E-state index in [0.717, 1.165) is 37.4 Å². The van der Waals surface area contributed by atoms with E-state index in [1.54, 1.807) is 6.20 Å². The molecular formula is C14H22N4O. The van der Waals surface area contributed by atoms with Gasteiger partial charge in [0.1, 0.15) is 0 Å². The highest BCUT2D eigenvalue weighted by atomic mass is 16.1. The second kappa shape index (κ2) is 6.52. The number of hydrogen-bond donors (Lipinski definition) is 2. The van der Waals surface area contributed by atoms with Crippen LogP contribution in [-0.2, 0) is 4.79 Å². The molecule has 1 aliphatic heterocycles. The Labute approximate surface area is 114 Å². The molecule has 19 heavy (non-hydrogen) atoms. The lowest BCUT2D eigenvalue weighted by Gasteiger charge is -2.22. The molecule has 0 bridgehead atoms. The minimum atomic E-state index is 0.0739. The quantitative estimate of drug-likeness (QED) is 0.863. The number of anilines is 2. The van der Waals surface area contributed by atoms with Crippen molar-refractivity contribution in [3.8, 4) is 0 Å². The van der Waals surface area contributed by atoms with Crippen molar-refractivity contribution < 1.29 is 4.79 Å². The minimum absolute atomic E-state index is 0.0739. The first-order valence-corrected chi connectivity index (χ1v) is 6.79. The molecule has 0 aliphatic carbocycles. The molecule has 0 spiro atoms. The van der Waals surface area contributed by atoms with Gasteiger partial charge in [-0.1, -0.05) is 0 Å². The van der Waals surface area contributed by atoms with Gasteiger partial charge in [-0.3, -0.25) is 4.79 Å². The Kier molecular flexibility index (Phi) is 4.74. The second-order valence-corrected chi connectivity index (χ2v) is 5.23. The summed E-state index contributed by atoms with van der Waals surface area (Å²) < 4.78 is 0. The SMILES string of the molecule is CN(C)c1ncccc1NC(=O)CC1CCCNC1. The first-order chi connectivity index (χ1) is 9.16. The standard InChI is InChI=1S/C14H22N4O/c1-18(2)14-12(6-4-8-16-14)17-13(19)9-11-5-3-7-15-10-11/h4,6,8,11,15H,3,5,7,9-10H2,1-2H3,(H,17,19). The molecule has 1 unspecified atom stereocenters. The summed E-state index contributed by atoms with van der Waals surface area (Å²) in [5.74, 6) is 1.32. The summed E-state index contributed by atoms with van der Waals surface area (Å²) in [5, 5.41) is 6.30. The molecule has 2 N–H and O–H groups in total. The molecule has 1 aromatic rings. The summed E-state index contributed by atoms with van der Waals surface area (Å²) in [7, 11) is 3.84. The fourth-order valence-electron chi connectivity index (χ4n) is 2.41. The van der Waals surface area contributed by atoms with Crippen LogP contribution in [0.2, 0.25) is 0 Å². The van der Waals surface area contributed by atoms with Gasteiger partial charge in [-0.05, 0) is 44.0 Å². The smallest absolute Gasteiger partial charge is 0.224 e. The highest BCUT2D eigenvalue weighted by Gasteiger charge is 2.17. The molecule has 1 saturated heterocycles. The number of aromatic nitrogens is 1. The lowest BCUT2D eigenvalue weighted by Crippen LogP contribution is -2.32. The molecule has 5 heteroatoms. The summed E-state index contributed by atoms with van der Waals surface area (Å²) in [5.41, 5.74) is 0.779. The number of piperidine rings is 1. The van der Waals surface area contributed by atoms with Crippen molar-refractivity contribution in [3.63, 3.8) is 0 Å². The molecule has 1 fully saturated rings. The van der Waals surface area contributed by atoms with Crippen LogP contribution in [0.5, 0.6) is 0 Å². The van der Waals surface area contributed by atoms with Crippen molar-refractivity contribution in [3.05, 3.63) is 18.3 Å². The molecule has 0 aromatic carbocycles. The van der Waals surface area contributed by atoms with Gasteiger partial charge < -0.3 is 15.5 Å². The number of nitrogens with zero attached hydrogens (tertiary/aromatic N) is 2. The molecular weight excluding hydrogens is 240 g/mol. The van der Waals surface area contributed by atoms with E-state index in [0.29, 0.717) is 12.3 Å². The predicted molar refractivity (Wildman–Crippen MR) is 77.4 cm³/mol. The zero-order chi connectivity index (χ0) is 13.7. The second-order valence-electron chi connectivity index (χ2n) is 5.23. The van der Waals surface area contributed by atoms with Crippen molar-refractivity contribution in [2.24, 2.45) is 5.92 Å². The van der Waals surface area contributed by atoms with Crippen LogP contribution in [0.4, 0.5) is 11.5 Å². The molecule has 1 aliphatic rings. The normalized spacial score (nSPS) is 18.9. The van der Waals surface area contributed by atoms with Gasteiger partial charge in [-0.25, -0.2) is 4.98 Å². The summed E-state index contributed by atoms with van der Waals surface area (Å²) in [4.78, 5) is 18.2. The Bertz CT molecular complexity index is 427. The first kappa shape index (κ1) is 13.8. The van der Waals surface area contributed by atoms with Crippen molar-refractivity contribution in [1.82, 2.24) is 10.3 Å². The average molecular weight is 262 g/mol. The average Bonchev–Trinajstić information content (AvgIpc) is 2.40. The highest BCUT2D eigenvalue weighted by Crippen LogP contribution is 2.21. The van der Waals surface area contributed by atoms with Gasteiger partial charge in [0.2, 0.25) is 5.91 Å². The van der Waals surface area contributed by atoms with Crippen LogP contribution in [0.1, 0.15) is 19.3 Å². The lowest BCUT2D eigenvalue weighted by molar-refractivity contribution is -0.117. The summed E-state index contributed by atoms with van der Waals surface area (Å²) >= 11 is 0. The van der Waals surface area contributed by atoms with Gasteiger partial charge >= 0.3 is 0 Å². The summed E-state index contributed by atoms with van der Waals surface area (Å²) in [6.07, 6.45) is 4.60. The fourth-order valence-corrected chi connectivity index (χ4v) is 2.41. The van der Waals surface area contributed by atoms with Gasteiger partial charge in [0.05, 0.1) is 5.69 Å². The van der Waals surface area contributed by atoms with E-state index in [2.05, 4.69) is 15.6 Å². The van der Waals surface area contributed by atoms with Crippen LogP contribution in [0.3, 0.4) is 0 Å². The summed E-state index contributed by atoms with van der Waals surface area (Å²) in [6.45, 7) is 2.02. The minimum Gasteiger partial charge on any atom is -0.361 e. The van der Waals surface area contributed by atoms with Crippen LogP contribution in [-0.4, -0.2) is 38.1 Å². The zero-order valence-corrected chi connectivity index (χ0v) is 11.6. The Hall–Kier alpha value is -1.62. The van der Waals surface area contributed by atoms with Gasteiger partial charge in [-0.2, -0.15) is 0 Å². The van der Waals surface area contributed by atoms with E-state index < -0.39 is 0 Å². The Morgan fingerprint density at radius 2 is 2.42 bits per heavy atom. The number of nitrogens with one attached hydrogen (secondary N) is 2. The van der Waals surface area contributed by atoms with Crippen molar-refractivity contribution >= 4 is 17.4 Å².